The van der Waals surface area contributed by atoms with Gasteiger partial charge in [0.15, 0.2) is 0 Å². The number of ether oxygens (including phenoxy) is 1. The number of anilines is 2. The third-order valence-electron chi connectivity index (χ3n) is 9.87. The highest BCUT2D eigenvalue weighted by Crippen LogP contribution is 2.50. The average molecular weight is 680 g/mol. The van der Waals surface area contributed by atoms with Crippen LogP contribution in [-0.4, -0.2) is 30.9 Å². The molecule has 4 amide bonds. The first-order valence-electron chi connectivity index (χ1n) is 16.8. The maximum Gasteiger partial charge on any atom is 0.335 e. The summed E-state index contributed by atoms with van der Waals surface area (Å²) in [5, 5.41) is 3.08. The number of barbiturate groups is 1. The summed E-state index contributed by atoms with van der Waals surface area (Å²) in [4.78, 5) is 44.4. The van der Waals surface area contributed by atoms with Crippen molar-refractivity contribution < 1.29 is 19.1 Å². The van der Waals surface area contributed by atoms with E-state index in [0.717, 1.165) is 47.5 Å². The lowest BCUT2D eigenvalue weighted by Gasteiger charge is -2.44. The number of imide groups is 2. The Bertz CT molecular complexity index is 2040. The van der Waals surface area contributed by atoms with Crippen molar-refractivity contribution in [2.75, 3.05) is 22.9 Å². The van der Waals surface area contributed by atoms with E-state index in [9.17, 15) is 14.4 Å². The predicted octanol–water partition coefficient (Wildman–Crippen LogP) is 8.46. The molecule has 1 saturated heterocycles. The third kappa shape index (κ3) is 6.05. The van der Waals surface area contributed by atoms with Gasteiger partial charge < -0.3 is 9.64 Å². The zero-order chi connectivity index (χ0) is 34.2. The van der Waals surface area contributed by atoms with E-state index in [2.05, 4.69) is 34.5 Å². The van der Waals surface area contributed by atoms with Gasteiger partial charge in [-0.25, -0.2) is 9.69 Å². The standard InChI is InChI=1S/C42H34ClN3O4/c43-31-15-11-28(12-16-31)26-50-33-17-13-27(14-18-33)23-38-40(47)44-42(49)46(41(38)48)32-24-36-34(29-7-3-1-4-8-29)19-21-45-22-20-35(37(25-32)39(36)45)30-9-5-2-6-10-30/h1-18,23-25,34-35H,19-22,26H2,(H,44,47,49)/b38-23+/t34-,35-/m1/s1. The highest BCUT2D eigenvalue weighted by molar-refractivity contribution is 6.39. The van der Waals surface area contributed by atoms with Crippen molar-refractivity contribution in [3.8, 4) is 5.75 Å². The molecule has 8 heteroatoms. The second-order valence-corrected chi connectivity index (χ2v) is 13.3. The first-order valence-corrected chi connectivity index (χ1v) is 17.2. The molecule has 50 heavy (non-hydrogen) atoms. The van der Waals surface area contributed by atoms with Gasteiger partial charge in [-0.1, -0.05) is 96.5 Å². The van der Waals surface area contributed by atoms with Gasteiger partial charge in [-0.15, -0.1) is 0 Å². The summed E-state index contributed by atoms with van der Waals surface area (Å²) in [6.45, 7) is 2.22. The molecule has 3 aliphatic rings. The van der Waals surface area contributed by atoms with E-state index in [4.69, 9.17) is 16.3 Å². The molecule has 3 aliphatic heterocycles. The van der Waals surface area contributed by atoms with Crippen LogP contribution in [-0.2, 0) is 16.2 Å². The van der Waals surface area contributed by atoms with Gasteiger partial charge in [0.25, 0.3) is 11.8 Å². The number of nitrogens with zero attached hydrogens (tertiary/aromatic N) is 2. The van der Waals surface area contributed by atoms with Gasteiger partial charge in [0.05, 0.1) is 5.69 Å². The topological polar surface area (TPSA) is 79.0 Å². The smallest absolute Gasteiger partial charge is 0.335 e. The third-order valence-corrected chi connectivity index (χ3v) is 10.1. The summed E-state index contributed by atoms with van der Waals surface area (Å²) in [6.07, 6.45) is 3.35. The van der Waals surface area contributed by atoms with Crippen LogP contribution < -0.4 is 19.9 Å². The molecule has 0 radical (unpaired) electrons. The van der Waals surface area contributed by atoms with Crippen molar-refractivity contribution in [3.05, 3.63) is 165 Å². The molecule has 5 aromatic carbocycles. The van der Waals surface area contributed by atoms with Crippen molar-refractivity contribution in [1.29, 1.82) is 0 Å². The zero-order valence-corrected chi connectivity index (χ0v) is 28.0. The second kappa shape index (κ2) is 13.3. The minimum Gasteiger partial charge on any atom is -0.489 e. The Morgan fingerprint density at radius 3 is 1.90 bits per heavy atom. The van der Waals surface area contributed by atoms with Crippen LogP contribution >= 0.6 is 11.6 Å². The Hall–Kier alpha value is -5.66. The molecule has 0 aliphatic carbocycles. The van der Waals surface area contributed by atoms with Gasteiger partial charge in [0.2, 0.25) is 0 Å². The number of rotatable bonds is 7. The lowest BCUT2D eigenvalue weighted by atomic mass is 9.76. The molecule has 0 spiro atoms. The molecule has 0 aromatic heterocycles. The van der Waals surface area contributed by atoms with Crippen LogP contribution in [0.2, 0.25) is 5.02 Å². The molecule has 1 fully saturated rings. The minimum atomic E-state index is -0.758. The molecular formula is C42H34ClN3O4. The first kappa shape index (κ1) is 31.6. The molecule has 0 unspecified atom stereocenters. The van der Waals surface area contributed by atoms with E-state index in [0.29, 0.717) is 28.6 Å². The summed E-state index contributed by atoms with van der Waals surface area (Å²) in [5.41, 5.74) is 7.69. The van der Waals surface area contributed by atoms with Crippen LogP contribution in [0.1, 0.15) is 58.1 Å². The van der Waals surface area contributed by atoms with Gasteiger partial charge >= 0.3 is 6.03 Å². The van der Waals surface area contributed by atoms with Gasteiger partial charge in [-0.2, -0.15) is 0 Å². The quantitative estimate of drug-likeness (QED) is 0.138. The van der Waals surface area contributed by atoms with E-state index in [1.807, 2.05) is 72.8 Å². The molecular weight excluding hydrogens is 646 g/mol. The molecule has 0 saturated carbocycles. The highest BCUT2D eigenvalue weighted by Gasteiger charge is 2.40. The fraction of sp³-hybridized carbons (Fsp3) is 0.167. The summed E-state index contributed by atoms with van der Waals surface area (Å²) >= 11 is 5.98. The van der Waals surface area contributed by atoms with Crippen LogP contribution in [0.4, 0.5) is 16.2 Å². The van der Waals surface area contributed by atoms with E-state index in [1.54, 1.807) is 24.3 Å². The second-order valence-electron chi connectivity index (χ2n) is 12.9. The first-order chi connectivity index (χ1) is 24.4. The number of carbonyl (C=O) groups excluding carboxylic acids is 3. The predicted molar refractivity (Wildman–Crippen MR) is 196 cm³/mol. The minimum absolute atomic E-state index is 0.0932. The number of urea groups is 1. The largest absolute Gasteiger partial charge is 0.489 e. The lowest BCUT2D eigenvalue weighted by Crippen LogP contribution is -2.54. The van der Waals surface area contributed by atoms with Crippen LogP contribution in [0.15, 0.2) is 127 Å². The molecule has 2 atom stereocenters. The summed E-state index contributed by atoms with van der Waals surface area (Å²) < 4.78 is 5.90. The maximum absolute atomic E-state index is 14.2. The van der Waals surface area contributed by atoms with E-state index < -0.39 is 17.8 Å². The van der Waals surface area contributed by atoms with E-state index in [1.165, 1.54) is 22.9 Å². The van der Waals surface area contributed by atoms with Crippen molar-refractivity contribution in [2.45, 2.75) is 31.3 Å². The Morgan fingerprint density at radius 1 is 0.740 bits per heavy atom. The molecule has 8 rings (SSSR count). The Kier molecular flexibility index (Phi) is 8.43. The number of carbonyl (C=O) groups is 3. The van der Waals surface area contributed by atoms with Crippen LogP contribution in [0.3, 0.4) is 0 Å². The van der Waals surface area contributed by atoms with Crippen molar-refractivity contribution in [1.82, 2.24) is 5.32 Å². The Labute approximate surface area is 295 Å². The molecule has 248 valence electrons. The van der Waals surface area contributed by atoms with E-state index in [-0.39, 0.29) is 17.4 Å². The van der Waals surface area contributed by atoms with Gasteiger partial charge in [-0.05, 0) is 88.7 Å². The number of hydrogen-bond donors (Lipinski definition) is 1. The maximum atomic E-state index is 14.2. The zero-order valence-electron chi connectivity index (χ0n) is 27.2. The number of hydrogen-bond acceptors (Lipinski definition) is 5. The van der Waals surface area contributed by atoms with Crippen molar-refractivity contribution in [3.63, 3.8) is 0 Å². The lowest BCUT2D eigenvalue weighted by molar-refractivity contribution is -0.122. The van der Waals surface area contributed by atoms with Crippen LogP contribution in [0.25, 0.3) is 6.08 Å². The number of halogens is 1. The van der Waals surface area contributed by atoms with Gasteiger partial charge in [0, 0.05) is 35.6 Å². The summed E-state index contributed by atoms with van der Waals surface area (Å²) in [6, 6.07) is 38.5. The molecule has 3 heterocycles. The number of amides is 4. The van der Waals surface area contributed by atoms with Crippen LogP contribution in [0, 0.1) is 0 Å². The Morgan fingerprint density at radius 2 is 1.32 bits per heavy atom. The number of nitrogens with one attached hydrogen (secondary N) is 1. The van der Waals surface area contributed by atoms with Gasteiger partial charge in [0.1, 0.15) is 17.9 Å². The summed E-state index contributed by atoms with van der Waals surface area (Å²) in [7, 11) is 0. The number of benzene rings is 5. The van der Waals surface area contributed by atoms with Gasteiger partial charge in [-0.3, -0.25) is 14.9 Å². The molecule has 5 aromatic rings. The molecule has 7 nitrogen and oxygen atoms in total. The fourth-order valence-corrected chi connectivity index (χ4v) is 7.56. The normalized spacial score (nSPS) is 19.3. The van der Waals surface area contributed by atoms with Crippen LogP contribution in [0.5, 0.6) is 5.75 Å². The highest BCUT2D eigenvalue weighted by atomic mass is 35.5. The monoisotopic (exact) mass is 679 g/mol. The average Bonchev–Trinajstić information content (AvgIpc) is 3.14. The SMILES string of the molecule is O=C1NC(=O)N(c2cc3c4c(c2)[C@@H](c2ccccc2)CCN4CC[C@@H]3c2ccccc2)C(=O)/C1=C/c1ccc(OCc2ccc(Cl)cc2)cc1. The fourth-order valence-electron chi connectivity index (χ4n) is 7.43. The van der Waals surface area contributed by atoms with Crippen molar-refractivity contribution in [2.24, 2.45) is 0 Å². The summed E-state index contributed by atoms with van der Waals surface area (Å²) in [5.74, 6) is -0.568. The molecule has 0 bridgehead atoms. The van der Waals surface area contributed by atoms with Crippen molar-refractivity contribution >= 4 is 46.9 Å². The molecule has 1 N–H and O–H groups in total. The Balaban J connectivity index is 1.15. The van der Waals surface area contributed by atoms with E-state index >= 15 is 0 Å².